The smallest absolute Gasteiger partial charge is 0.254 e. The van der Waals surface area contributed by atoms with Crippen LogP contribution in [0.15, 0.2) is 85.5 Å². The van der Waals surface area contributed by atoms with E-state index in [9.17, 15) is 4.79 Å². The largest absolute Gasteiger partial charge is 0.493 e. The van der Waals surface area contributed by atoms with E-state index in [-0.39, 0.29) is 5.91 Å². The van der Waals surface area contributed by atoms with Crippen molar-refractivity contribution < 1.29 is 14.3 Å². The van der Waals surface area contributed by atoms with Gasteiger partial charge in [0.05, 0.1) is 18.7 Å². The maximum atomic E-state index is 13.2. The SMILES string of the molecule is C=CCN(Cc1ccc(C#N)cc1)C(=O)c1ccc(OCc2ccccc2)c(OC)c1. The molecule has 0 aromatic heterocycles. The Bertz CT molecular complexity index is 1070. The Kier molecular flexibility index (Phi) is 7.45. The van der Waals surface area contributed by atoms with Gasteiger partial charge in [-0.2, -0.15) is 5.26 Å². The van der Waals surface area contributed by atoms with Crippen LogP contribution >= 0.6 is 0 Å². The number of hydrogen-bond acceptors (Lipinski definition) is 4. The second-order valence-electron chi connectivity index (χ2n) is 6.92. The Balaban J connectivity index is 1.75. The molecule has 0 aliphatic heterocycles. The molecule has 0 radical (unpaired) electrons. The second kappa shape index (κ2) is 10.7. The molecule has 156 valence electrons. The standard InChI is InChI=1S/C26H24N2O3/c1-3-15-28(18-21-11-9-20(17-27)10-12-21)26(29)23-13-14-24(25(16-23)30-2)31-19-22-7-5-4-6-8-22/h3-14,16H,1,15,18-19H2,2H3. The van der Waals surface area contributed by atoms with E-state index < -0.39 is 0 Å². The van der Waals surface area contributed by atoms with Crippen molar-refractivity contribution in [3.8, 4) is 17.6 Å². The summed E-state index contributed by atoms with van der Waals surface area (Å²) in [4.78, 5) is 14.8. The zero-order valence-corrected chi connectivity index (χ0v) is 17.5. The van der Waals surface area contributed by atoms with Crippen LogP contribution in [-0.2, 0) is 13.2 Å². The summed E-state index contributed by atoms with van der Waals surface area (Å²) in [6.45, 7) is 4.98. The van der Waals surface area contributed by atoms with E-state index in [1.54, 1.807) is 48.4 Å². The molecule has 0 aliphatic carbocycles. The molecular formula is C26H24N2O3. The van der Waals surface area contributed by atoms with Crippen molar-refractivity contribution in [2.75, 3.05) is 13.7 Å². The molecule has 0 saturated carbocycles. The minimum atomic E-state index is -0.142. The third-order valence-corrected chi connectivity index (χ3v) is 4.74. The molecule has 1 amide bonds. The van der Waals surface area contributed by atoms with Crippen LogP contribution in [0.5, 0.6) is 11.5 Å². The molecule has 0 saturated heterocycles. The van der Waals surface area contributed by atoms with Gasteiger partial charge in [-0.3, -0.25) is 4.79 Å². The van der Waals surface area contributed by atoms with Crippen molar-refractivity contribution in [3.63, 3.8) is 0 Å². The number of ether oxygens (including phenoxy) is 2. The average Bonchev–Trinajstić information content (AvgIpc) is 2.83. The molecule has 0 N–H and O–H groups in total. The Labute approximate surface area is 182 Å². The summed E-state index contributed by atoms with van der Waals surface area (Å²) in [5, 5.41) is 8.96. The van der Waals surface area contributed by atoms with Crippen LogP contribution < -0.4 is 9.47 Å². The minimum absolute atomic E-state index is 0.142. The predicted octanol–water partition coefficient (Wildman–Crippen LogP) is 4.97. The van der Waals surface area contributed by atoms with Crippen LogP contribution in [0.3, 0.4) is 0 Å². The number of hydrogen-bond donors (Lipinski definition) is 0. The molecule has 3 rings (SSSR count). The average molecular weight is 412 g/mol. The second-order valence-corrected chi connectivity index (χ2v) is 6.92. The molecule has 0 spiro atoms. The van der Waals surface area contributed by atoms with Gasteiger partial charge in [0.25, 0.3) is 5.91 Å². The van der Waals surface area contributed by atoms with Crippen LogP contribution in [0.2, 0.25) is 0 Å². The van der Waals surface area contributed by atoms with Crippen molar-refractivity contribution in [3.05, 3.63) is 108 Å². The fourth-order valence-corrected chi connectivity index (χ4v) is 3.12. The molecular weight excluding hydrogens is 388 g/mol. The first-order chi connectivity index (χ1) is 15.1. The highest BCUT2D eigenvalue weighted by Crippen LogP contribution is 2.29. The van der Waals surface area contributed by atoms with Crippen LogP contribution in [0.4, 0.5) is 0 Å². The van der Waals surface area contributed by atoms with E-state index in [1.165, 1.54) is 0 Å². The van der Waals surface area contributed by atoms with Crippen molar-refractivity contribution in [1.82, 2.24) is 4.90 Å². The molecule has 0 fully saturated rings. The summed E-state index contributed by atoms with van der Waals surface area (Å²) in [7, 11) is 1.55. The topological polar surface area (TPSA) is 62.6 Å². The summed E-state index contributed by atoms with van der Waals surface area (Å²) >= 11 is 0. The summed E-state index contributed by atoms with van der Waals surface area (Å²) in [5.41, 5.74) is 3.06. The van der Waals surface area contributed by atoms with E-state index in [4.69, 9.17) is 14.7 Å². The van der Waals surface area contributed by atoms with Crippen molar-refractivity contribution >= 4 is 5.91 Å². The third-order valence-electron chi connectivity index (χ3n) is 4.74. The van der Waals surface area contributed by atoms with Gasteiger partial charge in [0.2, 0.25) is 0 Å². The number of nitriles is 1. The number of benzene rings is 3. The third kappa shape index (κ3) is 5.74. The number of rotatable bonds is 9. The molecule has 0 atom stereocenters. The highest BCUT2D eigenvalue weighted by molar-refractivity contribution is 5.95. The van der Waals surface area contributed by atoms with E-state index in [0.717, 1.165) is 11.1 Å². The summed E-state index contributed by atoms with van der Waals surface area (Å²) in [5.74, 6) is 0.932. The lowest BCUT2D eigenvalue weighted by molar-refractivity contribution is 0.0762. The maximum Gasteiger partial charge on any atom is 0.254 e. The Hall–Kier alpha value is -4.04. The molecule has 3 aromatic carbocycles. The van der Waals surface area contributed by atoms with Gasteiger partial charge in [0.15, 0.2) is 11.5 Å². The first-order valence-corrected chi connectivity index (χ1v) is 9.88. The lowest BCUT2D eigenvalue weighted by Gasteiger charge is -2.22. The lowest BCUT2D eigenvalue weighted by Crippen LogP contribution is -2.30. The summed E-state index contributed by atoms with van der Waals surface area (Å²) < 4.78 is 11.3. The van der Waals surface area contributed by atoms with E-state index in [0.29, 0.717) is 42.3 Å². The van der Waals surface area contributed by atoms with Gasteiger partial charge in [-0.25, -0.2) is 0 Å². The fourth-order valence-electron chi connectivity index (χ4n) is 3.12. The zero-order valence-electron chi connectivity index (χ0n) is 17.5. The first kappa shape index (κ1) is 21.7. The number of nitrogens with zero attached hydrogens (tertiary/aromatic N) is 2. The van der Waals surface area contributed by atoms with Gasteiger partial charge in [0, 0.05) is 18.7 Å². The van der Waals surface area contributed by atoms with Crippen molar-refractivity contribution in [1.29, 1.82) is 5.26 Å². The predicted molar refractivity (Wildman–Crippen MR) is 120 cm³/mol. The van der Waals surface area contributed by atoms with Crippen LogP contribution in [0.1, 0.15) is 27.0 Å². The lowest BCUT2D eigenvalue weighted by atomic mass is 10.1. The van der Waals surface area contributed by atoms with Crippen LogP contribution in [0.25, 0.3) is 0 Å². The van der Waals surface area contributed by atoms with E-state index in [1.807, 2.05) is 42.5 Å². The molecule has 0 aliphatic rings. The van der Waals surface area contributed by atoms with Gasteiger partial charge in [-0.05, 0) is 41.5 Å². The van der Waals surface area contributed by atoms with Gasteiger partial charge in [-0.1, -0.05) is 48.5 Å². The van der Waals surface area contributed by atoms with Gasteiger partial charge >= 0.3 is 0 Å². The van der Waals surface area contributed by atoms with Gasteiger partial charge in [-0.15, -0.1) is 6.58 Å². The van der Waals surface area contributed by atoms with E-state index in [2.05, 4.69) is 12.6 Å². The maximum absolute atomic E-state index is 13.2. The first-order valence-electron chi connectivity index (χ1n) is 9.88. The molecule has 0 heterocycles. The molecule has 0 bridgehead atoms. The zero-order chi connectivity index (χ0) is 22.1. The summed E-state index contributed by atoms with van der Waals surface area (Å²) in [6.07, 6.45) is 1.69. The van der Waals surface area contributed by atoms with E-state index >= 15 is 0 Å². The molecule has 3 aromatic rings. The molecule has 31 heavy (non-hydrogen) atoms. The Morgan fingerprint density at radius 1 is 1.03 bits per heavy atom. The highest BCUT2D eigenvalue weighted by Gasteiger charge is 2.18. The van der Waals surface area contributed by atoms with Crippen molar-refractivity contribution in [2.45, 2.75) is 13.2 Å². The fraction of sp³-hybridized carbons (Fsp3) is 0.154. The highest BCUT2D eigenvalue weighted by atomic mass is 16.5. The molecule has 5 nitrogen and oxygen atoms in total. The van der Waals surface area contributed by atoms with Crippen LogP contribution in [0, 0.1) is 11.3 Å². The number of amides is 1. The Morgan fingerprint density at radius 3 is 2.42 bits per heavy atom. The normalized spacial score (nSPS) is 10.1. The monoisotopic (exact) mass is 412 g/mol. The quantitative estimate of drug-likeness (QED) is 0.465. The van der Waals surface area contributed by atoms with Crippen molar-refractivity contribution in [2.24, 2.45) is 0 Å². The number of carbonyl (C=O) groups is 1. The number of methoxy groups -OCH3 is 1. The minimum Gasteiger partial charge on any atom is -0.493 e. The Morgan fingerprint density at radius 2 is 1.77 bits per heavy atom. The molecule has 5 heteroatoms. The van der Waals surface area contributed by atoms with Gasteiger partial charge in [0.1, 0.15) is 6.61 Å². The number of carbonyl (C=O) groups excluding carboxylic acids is 1. The summed E-state index contributed by atoms with van der Waals surface area (Å²) in [6, 6.07) is 24.3. The van der Waals surface area contributed by atoms with Gasteiger partial charge < -0.3 is 14.4 Å². The van der Waals surface area contributed by atoms with Crippen LogP contribution in [-0.4, -0.2) is 24.5 Å². The molecule has 0 unspecified atom stereocenters.